The zero-order valence-corrected chi connectivity index (χ0v) is 15.9. The van der Waals surface area contributed by atoms with Crippen molar-refractivity contribution in [3.05, 3.63) is 62.7 Å². The van der Waals surface area contributed by atoms with Gasteiger partial charge in [-0.3, -0.25) is 10.1 Å². The van der Waals surface area contributed by atoms with Crippen LogP contribution in [0.1, 0.15) is 5.56 Å². The van der Waals surface area contributed by atoms with Crippen molar-refractivity contribution in [1.29, 1.82) is 0 Å². The molecule has 8 nitrogen and oxygen atoms in total. The van der Waals surface area contributed by atoms with Gasteiger partial charge >= 0.3 is 0 Å². The summed E-state index contributed by atoms with van der Waals surface area (Å²) in [7, 11) is 1.89. The number of anilines is 1. The zero-order chi connectivity index (χ0) is 19.0. The Morgan fingerprint density at radius 1 is 1.30 bits per heavy atom. The average molecular weight is 431 g/mol. The van der Waals surface area contributed by atoms with Gasteiger partial charge in [-0.05, 0) is 18.2 Å². The molecule has 0 atom stereocenters. The van der Waals surface area contributed by atoms with Crippen molar-refractivity contribution in [2.75, 3.05) is 12.1 Å². The van der Waals surface area contributed by atoms with E-state index in [9.17, 15) is 10.1 Å². The average Bonchev–Trinajstić information content (AvgIpc) is 3.25. The minimum Gasteiger partial charge on any atom is -0.454 e. The summed E-state index contributed by atoms with van der Waals surface area (Å²) in [5.74, 6) is 1.50. The van der Waals surface area contributed by atoms with Crippen LogP contribution in [0, 0.1) is 10.1 Å². The number of hydrogen-bond donors (Lipinski definition) is 1. The molecule has 0 unspecified atom stereocenters. The molecule has 0 aliphatic carbocycles. The summed E-state index contributed by atoms with van der Waals surface area (Å²) in [4.78, 5) is 15.3. The highest BCUT2D eigenvalue weighted by molar-refractivity contribution is 9.10. The largest absolute Gasteiger partial charge is 0.454 e. The Morgan fingerprint density at radius 3 is 2.81 bits per heavy atom. The van der Waals surface area contributed by atoms with Crippen LogP contribution >= 0.6 is 15.9 Å². The summed E-state index contributed by atoms with van der Waals surface area (Å²) >= 11 is 3.47. The molecule has 0 saturated carbocycles. The fourth-order valence-corrected chi connectivity index (χ4v) is 3.35. The van der Waals surface area contributed by atoms with Gasteiger partial charge in [0.05, 0.1) is 28.4 Å². The maximum Gasteiger partial charge on any atom is 0.278 e. The first kappa shape index (κ1) is 17.3. The van der Waals surface area contributed by atoms with Crippen LogP contribution in [-0.4, -0.2) is 21.3 Å². The van der Waals surface area contributed by atoms with Crippen molar-refractivity contribution in [2.45, 2.75) is 6.54 Å². The van der Waals surface area contributed by atoms with Crippen LogP contribution in [0.2, 0.25) is 0 Å². The van der Waals surface area contributed by atoms with E-state index in [0.717, 1.165) is 15.7 Å². The van der Waals surface area contributed by atoms with Gasteiger partial charge in [-0.2, -0.15) is 0 Å². The number of benzene rings is 2. The summed E-state index contributed by atoms with van der Waals surface area (Å²) in [5.41, 5.74) is 2.42. The lowest BCUT2D eigenvalue weighted by Gasteiger charge is -2.10. The molecule has 0 amide bonds. The van der Waals surface area contributed by atoms with Gasteiger partial charge in [-0.15, -0.1) is 0 Å². The molecule has 0 fully saturated rings. The third-order valence-corrected chi connectivity index (χ3v) is 4.81. The van der Waals surface area contributed by atoms with E-state index < -0.39 is 4.92 Å². The topological polar surface area (TPSA) is 91.5 Å². The highest BCUT2D eigenvalue weighted by Crippen LogP contribution is 2.38. The summed E-state index contributed by atoms with van der Waals surface area (Å²) in [6.45, 7) is 0.300. The SMILES string of the molecule is Cn1c(-c2cccc(Br)c2)cnc1NCc1cc2c(cc1[N+](=O)[O-])OCO2. The number of nitrogens with zero attached hydrogens (tertiary/aromatic N) is 3. The van der Waals surface area contributed by atoms with Gasteiger partial charge in [-0.25, -0.2) is 4.98 Å². The zero-order valence-electron chi connectivity index (χ0n) is 14.3. The molecule has 2 aromatic carbocycles. The quantitative estimate of drug-likeness (QED) is 0.483. The van der Waals surface area contributed by atoms with Crippen LogP contribution < -0.4 is 14.8 Å². The number of fused-ring (bicyclic) bond motifs is 1. The molecule has 9 heteroatoms. The summed E-state index contributed by atoms with van der Waals surface area (Å²) < 4.78 is 13.4. The maximum atomic E-state index is 11.4. The summed E-state index contributed by atoms with van der Waals surface area (Å²) in [5, 5.41) is 14.5. The molecule has 3 aromatic rings. The number of nitro benzene ring substituents is 1. The molecular weight excluding hydrogens is 416 g/mol. The Bertz CT molecular complexity index is 1030. The van der Waals surface area contributed by atoms with Crippen molar-refractivity contribution < 1.29 is 14.4 Å². The lowest BCUT2D eigenvalue weighted by atomic mass is 10.1. The van der Waals surface area contributed by atoms with E-state index in [1.165, 1.54) is 6.07 Å². The normalized spacial score (nSPS) is 12.2. The van der Waals surface area contributed by atoms with Gasteiger partial charge in [0.1, 0.15) is 0 Å². The van der Waals surface area contributed by atoms with E-state index >= 15 is 0 Å². The number of halogens is 1. The van der Waals surface area contributed by atoms with Crippen molar-refractivity contribution in [3.63, 3.8) is 0 Å². The number of ether oxygens (including phenoxy) is 2. The number of hydrogen-bond acceptors (Lipinski definition) is 6. The van der Waals surface area contributed by atoms with Crippen LogP contribution in [0.5, 0.6) is 11.5 Å². The van der Waals surface area contributed by atoms with E-state index in [1.54, 1.807) is 12.3 Å². The van der Waals surface area contributed by atoms with Crippen molar-refractivity contribution in [2.24, 2.45) is 7.05 Å². The van der Waals surface area contributed by atoms with Gasteiger partial charge in [0.25, 0.3) is 5.69 Å². The summed E-state index contributed by atoms with van der Waals surface area (Å²) in [6.07, 6.45) is 1.76. The molecule has 0 radical (unpaired) electrons. The van der Waals surface area contributed by atoms with E-state index in [0.29, 0.717) is 23.0 Å². The molecule has 1 aliphatic rings. The Kier molecular flexibility index (Phi) is 4.44. The van der Waals surface area contributed by atoms with Crippen LogP contribution in [0.15, 0.2) is 47.1 Å². The number of imidazole rings is 1. The van der Waals surface area contributed by atoms with Crippen molar-refractivity contribution in [3.8, 4) is 22.8 Å². The monoisotopic (exact) mass is 430 g/mol. The Balaban J connectivity index is 1.59. The summed E-state index contributed by atoms with van der Waals surface area (Å²) in [6, 6.07) is 10.9. The second-order valence-corrected chi connectivity index (χ2v) is 6.90. The third kappa shape index (κ3) is 3.33. The predicted octanol–water partition coefficient (Wildman–Crippen LogP) is 4.10. The first-order valence-electron chi connectivity index (χ1n) is 8.11. The molecule has 0 spiro atoms. The third-order valence-electron chi connectivity index (χ3n) is 4.32. The number of rotatable bonds is 5. The van der Waals surface area contributed by atoms with Crippen LogP contribution in [-0.2, 0) is 13.6 Å². The fraction of sp³-hybridized carbons (Fsp3) is 0.167. The van der Waals surface area contributed by atoms with Crippen LogP contribution in [0.25, 0.3) is 11.3 Å². The first-order chi connectivity index (χ1) is 13.0. The molecule has 1 N–H and O–H groups in total. The van der Waals surface area contributed by atoms with Crippen molar-refractivity contribution in [1.82, 2.24) is 9.55 Å². The highest BCUT2D eigenvalue weighted by atomic mass is 79.9. The molecule has 138 valence electrons. The molecule has 27 heavy (non-hydrogen) atoms. The number of aromatic nitrogens is 2. The van der Waals surface area contributed by atoms with Gasteiger partial charge in [0.15, 0.2) is 11.5 Å². The van der Waals surface area contributed by atoms with Gasteiger partial charge in [0, 0.05) is 23.6 Å². The van der Waals surface area contributed by atoms with E-state index in [1.807, 2.05) is 35.9 Å². The van der Waals surface area contributed by atoms with Gasteiger partial charge < -0.3 is 19.4 Å². The fourth-order valence-electron chi connectivity index (χ4n) is 2.95. The Hall–Kier alpha value is -3.07. The smallest absolute Gasteiger partial charge is 0.278 e. The molecule has 0 bridgehead atoms. The lowest BCUT2D eigenvalue weighted by Crippen LogP contribution is -2.07. The maximum absolute atomic E-state index is 11.4. The van der Waals surface area contributed by atoms with Crippen LogP contribution in [0.3, 0.4) is 0 Å². The van der Waals surface area contributed by atoms with Crippen molar-refractivity contribution >= 4 is 27.6 Å². The molecule has 1 aliphatic heterocycles. The Morgan fingerprint density at radius 2 is 2.07 bits per heavy atom. The molecule has 2 heterocycles. The lowest BCUT2D eigenvalue weighted by molar-refractivity contribution is -0.385. The molecular formula is C18H15BrN4O4. The molecule has 0 saturated heterocycles. The predicted molar refractivity (Wildman–Crippen MR) is 103 cm³/mol. The van der Waals surface area contributed by atoms with E-state index in [-0.39, 0.29) is 19.0 Å². The van der Waals surface area contributed by atoms with E-state index in [2.05, 4.69) is 26.2 Å². The van der Waals surface area contributed by atoms with Crippen LogP contribution in [0.4, 0.5) is 11.6 Å². The van der Waals surface area contributed by atoms with Gasteiger partial charge in [-0.1, -0.05) is 28.1 Å². The van der Waals surface area contributed by atoms with Gasteiger partial charge in [0.2, 0.25) is 12.7 Å². The second-order valence-electron chi connectivity index (χ2n) is 5.98. The Labute approximate surface area is 163 Å². The second kappa shape index (κ2) is 6.92. The number of nitro groups is 1. The first-order valence-corrected chi connectivity index (χ1v) is 8.90. The highest BCUT2D eigenvalue weighted by Gasteiger charge is 2.23. The minimum absolute atomic E-state index is 0.0202. The minimum atomic E-state index is -0.426. The standard InChI is InChI=1S/C18H15BrN4O4/c1-22-15(11-3-2-4-13(19)5-11)9-21-18(22)20-8-12-6-16-17(27-10-26-16)7-14(12)23(24)25/h2-7,9H,8,10H2,1H3,(H,20,21). The van der Waals surface area contributed by atoms with E-state index in [4.69, 9.17) is 9.47 Å². The number of nitrogens with one attached hydrogen (secondary N) is 1. The molecule has 1 aromatic heterocycles. The molecule has 4 rings (SSSR count).